The molecule has 2 rings (SSSR count). The zero-order chi connectivity index (χ0) is 12.6. The van der Waals surface area contributed by atoms with Crippen molar-refractivity contribution in [1.82, 2.24) is 5.32 Å². The lowest BCUT2D eigenvalue weighted by molar-refractivity contribution is 0.154. The molecule has 0 aromatic carbocycles. The second-order valence-electron chi connectivity index (χ2n) is 4.14. The highest BCUT2D eigenvalue weighted by atomic mass is 32.1. The number of hydrogen-bond donors (Lipinski definition) is 2. The molecule has 18 heavy (non-hydrogen) atoms. The third kappa shape index (κ3) is 4.50. The molecule has 1 aliphatic heterocycles. The molecule has 0 atom stereocenters. The summed E-state index contributed by atoms with van der Waals surface area (Å²) in [5.74, 6) is 0.527. The average molecular weight is 265 g/mol. The van der Waals surface area contributed by atoms with Gasteiger partial charge in [-0.25, -0.2) is 4.99 Å². The fourth-order valence-electron chi connectivity index (χ4n) is 1.72. The van der Waals surface area contributed by atoms with Gasteiger partial charge >= 0.3 is 0 Å². The van der Waals surface area contributed by atoms with E-state index in [0.29, 0.717) is 19.1 Å². The quantitative estimate of drug-likeness (QED) is 0.482. The summed E-state index contributed by atoms with van der Waals surface area (Å²) in [6, 6.07) is 4.20. The van der Waals surface area contributed by atoms with Crippen LogP contribution in [-0.2, 0) is 11.2 Å². The number of ether oxygens (including phenoxy) is 1. The van der Waals surface area contributed by atoms with Gasteiger partial charge in [-0.2, -0.15) is 0 Å². The van der Waals surface area contributed by atoms with Crippen LogP contribution in [0.25, 0.3) is 0 Å². The highest BCUT2D eigenvalue weighted by Gasteiger charge is 2.02. The molecule has 0 amide bonds. The van der Waals surface area contributed by atoms with E-state index in [4.69, 9.17) is 10.5 Å². The maximum absolute atomic E-state index is 5.81. The van der Waals surface area contributed by atoms with Crippen molar-refractivity contribution in [2.24, 2.45) is 10.7 Å². The van der Waals surface area contributed by atoms with Gasteiger partial charge in [-0.15, -0.1) is 11.3 Å². The van der Waals surface area contributed by atoms with E-state index in [9.17, 15) is 0 Å². The lowest BCUT2D eigenvalue weighted by Gasteiger charge is -2.12. The number of nitrogens with two attached hydrogens (primary N) is 1. The summed E-state index contributed by atoms with van der Waals surface area (Å²) in [6.07, 6.45) is 4.04. The lowest BCUT2D eigenvalue weighted by Crippen LogP contribution is -2.33. The predicted octanol–water partition coefficient (Wildman–Crippen LogP) is 1.54. The fraction of sp³-hybridized carbons (Fsp3) is 0.462. The summed E-state index contributed by atoms with van der Waals surface area (Å²) in [4.78, 5) is 5.69. The number of nitrogens with one attached hydrogen (secondary N) is 1. The number of hydrogen-bond acceptors (Lipinski definition) is 3. The second-order valence-corrected chi connectivity index (χ2v) is 5.18. The van der Waals surface area contributed by atoms with E-state index in [1.165, 1.54) is 10.5 Å². The molecular formula is C13H19N3OS. The molecule has 5 heteroatoms. The van der Waals surface area contributed by atoms with Crippen molar-refractivity contribution >= 4 is 17.3 Å². The zero-order valence-electron chi connectivity index (χ0n) is 10.4. The molecule has 4 nitrogen and oxygen atoms in total. The van der Waals surface area contributed by atoms with Gasteiger partial charge in [-0.3, -0.25) is 0 Å². The van der Waals surface area contributed by atoms with Crippen molar-refractivity contribution in [3.8, 4) is 0 Å². The van der Waals surface area contributed by atoms with Crippen LogP contribution >= 0.6 is 11.3 Å². The van der Waals surface area contributed by atoms with Gasteiger partial charge in [0.2, 0.25) is 0 Å². The lowest BCUT2D eigenvalue weighted by atomic mass is 10.1. The Morgan fingerprint density at radius 2 is 2.50 bits per heavy atom. The van der Waals surface area contributed by atoms with E-state index in [1.807, 2.05) is 0 Å². The molecule has 0 spiro atoms. The zero-order valence-corrected chi connectivity index (χ0v) is 11.2. The Morgan fingerprint density at radius 3 is 3.22 bits per heavy atom. The molecule has 0 bridgehead atoms. The summed E-state index contributed by atoms with van der Waals surface area (Å²) in [5.41, 5.74) is 7.12. The molecular weight excluding hydrogens is 246 g/mol. The number of aliphatic imine (C=N–C) groups is 1. The van der Waals surface area contributed by atoms with Crippen molar-refractivity contribution in [1.29, 1.82) is 0 Å². The van der Waals surface area contributed by atoms with Crippen LogP contribution in [0.2, 0.25) is 0 Å². The predicted molar refractivity (Wildman–Crippen MR) is 76.0 cm³/mol. The van der Waals surface area contributed by atoms with Gasteiger partial charge in [0.05, 0.1) is 19.8 Å². The van der Waals surface area contributed by atoms with Crippen molar-refractivity contribution in [2.75, 3.05) is 26.3 Å². The first-order valence-electron chi connectivity index (χ1n) is 6.16. The number of rotatable bonds is 5. The Bertz CT molecular complexity index is 412. The molecule has 1 aromatic rings. The monoisotopic (exact) mass is 265 g/mol. The third-order valence-corrected chi connectivity index (χ3v) is 3.70. The van der Waals surface area contributed by atoms with Crippen LogP contribution < -0.4 is 11.1 Å². The second kappa shape index (κ2) is 7.18. The molecule has 0 fully saturated rings. The Labute approximate surface area is 112 Å². The van der Waals surface area contributed by atoms with Crippen molar-refractivity contribution in [2.45, 2.75) is 12.8 Å². The van der Waals surface area contributed by atoms with Crippen LogP contribution in [0.15, 0.2) is 34.2 Å². The van der Waals surface area contributed by atoms with E-state index in [0.717, 1.165) is 26.0 Å². The summed E-state index contributed by atoms with van der Waals surface area (Å²) < 4.78 is 5.24. The molecule has 3 N–H and O–H groups in total. The highest BCUT2D eigenvalue weighted by Crippen LogP contribution is 2.08. The molecule has 2 heterocycles. The minimum Gasteiger partial charge on any atom is -0.377 e. The Hall–Kier alpha value is -1.33. The van der Waals surface area contributed by atoms with E-state index < -0.39 is 0 Å². The summed E-state index contributed by atoms with van der Waals surface area (Å²) in [5, 5.41) is 5.22. The summed E-state index contributed by atoms with van der Waals surface area (Å²) in [7, 11) is 0. The first-order chi connectivity index (χ1) is 8.84. The maximum atomic E-state index is 5.81. The topological polar surface area (TPSA) is 59.6 Å². The number of thiophene rings is 1. The van der Waals surface area contributed by atoms with E-state index in [-0.39, 0.29) is 0 Å². The standard InChI is InChI=1S/C13H19N3OS/c14-13(15-6-3-12-2-1-9-18-12)16-10-11-4-7-17-8-5-11/h1-2,4,9H,3,5-8,10H2,(H3,14,15,16). The van der Waals surface area contributed by atoms with Gasteiger partial charge in [-0.1, -0.05) is 12.1 Å². The van der Waals surface area contributed by atoms with Crippen LogP contribution in [0.1, 0.15) is 11.3 Å². The van der Waals surface area contributed by atoms with Gasteiger partial charge in [0.15, 0.2) is 5.96 Å². The van der Waals surface area contributed by atoms with E-state index in [1.54, 1.807) is 11.3 Å². The van der Waals surface area contributed by atoms with Gasteiger partial charge in [-0.05, 0) is 29.9 Å². The van der Waals surface area contributed by atoms with Crippen LogP contribution in [0, 0.1) is 0 Å². The Kier molecular flexibility index (Phi) is 5.23. The third-order valence-electron chi connectivity index (χ3n) is 2.77. The van der Waals surface area contributed by atoms with Crippen molar-refractivity contribution < 1.29 is 4.74 Å². The summed E-state index contributed by atoms with van der Waals surface area (Å²) in [6.45, 7) is 3.02. The van der Waals surface area contributed by atoms with Gasteiger partial charge < -0.3 is 15.8 Å². The Balaban J connectivity index is 1.67. The molecule has 1 aromatic heterocycles. The van der Waals surface area contributed by atoms with Gasteiger partial charge in [0.1, 0.15) is 0 Å². The highest BCUT2D eigenvalue weighted by molar-refractivity contribution is 7.09. The van der Waals surface area contributed by atoms with Gasteiger partial charge in [0, 0.05) is 11.4 Å². The number of guanidine groups is 1. The smallest absolute Gasteiger partial charge is 0.188 e. The molecule has 98 valence electrons. The number of nitrogens with zero attached hydrogens (tertiary/aromatic N) is 1. The molecule has 0 unspecified atom stereocenters. The average Bonchev–Trinajstić information content (AvgIpc) is 2.91. The SMILES string of the molecule is NC(=NCC1=CCOCC1)NCCc1cccs1. The molecule has 0 saturated heterocycles. The van der Waals surface area contributed by atoms with E-state index in [2.05, 4.69) is 33.9 Å². The fourth-order valence-corrected chi connectivity index (χ4v) is 2.43. The van der Waals surface area contributed by atoms with Crippen LogP contribution in [0.5, 0.6) is 0 Å². The Morgan fingerprint density at radius 1 is 1.56 bits per heavy atom. The first kappa shape index (κ1) is 13.1. The minimum absolute atomic E-state index is 0.527. The largest absolute Gasteiger partial charge is 0.377 e. The van der Waals surface area contributed by atoms with Crippen LogP contribution in [0.3, 0.4) is 0 Å². The molecule has 0 saturated carbocycles. The maximum Gasteiger partial charge on any atom is 0.188 e. The van der Waals surface area contributed by atoms with Crippen LogP contribution in [0.4, 0.5) is 0 Å². The molecule has 1 aliphatic rings. The first-order valence-corrected chi connectivity index (χ1v) is 7.04. The summed E-state index contributed by atoms with van der Waals surface area (Å²) >= 11 is 1.77. The minimum atomic E-state index is 0.527. The van der Waals surface area contributed by atoms with Crippen molar-refractivity contribution in [3.05, 3.63) is 34.0 Å². The van der Waals surface area contributed by atoms with Crippen LogP contribution in [-0.4, -0.2) is 32.3 Å². The van der Waals surface area contributed by atoms with Gasteiger partial charge in [0.25, 0.3) is 0 Å². The molecule has 0 aliphatic carbocycles. The van der Waals surface area contributed by atoms with E-state index >= 15 is 0 Å². The molecule has 0 radical (unpaired) electrons. The normalized spacial score (nSPS) is 16.4. The van der Waals surface area contributed by atoms with Crippen molar-refractivity contribution in [3.63, 3.8) is 0 Å².